The molecule has 0 spiro atoms. The fourth-order valence-corrected chi connectivity index (χ4v) is 2.42. The molecule has 0 fully saturated rings. The van der Waals surface area contributed by atoms with Crippen LogP contribution >= 0.6 is 11.6 Å². The fourth-order valence-electron chi connectivity index (χ4n) is 2.30. The van der Waals surface area contributed by atoms with Crippen LogP contribution in [-0.4, -0.2) is 24.2 Å². The summed E-state index contributed by atoms with van der Waals surface area (Å²) in [5.74, 6) is 0. The minimum Gasteiger partial charge on any atom is -0.375 e. The molecule has 122 valence electrons. The van der Waals surface area contributed by atoms with Gasteiger partial charge < -0.3 is 15.4 Å². The number of methoxy groups -OCH3 is 1. The summed E-state index contributed by atoms with van der Waals surface area (Å²) in [6, 6.07) is 10.7. The first-order chi connectivity index (χ1) is 11.1. The number of hydrogen-bond donors (Lipinski definition) is 2. The molecule has 2 rings (SSSR count). The summed E-state index contributed by atoms with van der Waals surface area (Å²) < 4.78 is 5.51. The molecule has 2 aromatic rings. The average Bonchev–Trinajstić information content (AvgIpc) is 2.56. The molecule has 1 aromatic carbocycles. The van der Waals surface area contributed by atoms with E-state index in [1.165, 1.54) is 0 Å². The predicted octanol–water partition coefficient (Wildman–Crippen LogP) is 3.31. The van der Waals surface area contributed by atoms with E-state index in [2.05, 4.69) is 15.6 Å². The third kappa shape index (κ3) is 5.23. The average molecular weight is 334 g/mol. The molecule has 0 aliphatic heterocycles. The van der Waals surface area contributed by atoms with Crippen molar-refractivity contribution in [3.63, 3.8) is 0 Å². The molecular formula is C17H20ClN3O2. The van der Waals surface area contributed by atoms with E-state index >= 15 is 0 Å². The van der Waals surface area contributed by atoms with E-state index in [1.807, 2.05) is 31.2 Å². The van der Waals surface area contributed by atoms with Crippen molar-refractivity contribution < 1.29 is 9.53 Å². The monoisotopic (exact) mass is 333 g/mol. The van der Waals surface area contributed by atoms with Crippen molar-refractivity contribution in [1.82, 2.24) is 15.6 Å². The molecule has 23 heavy (non-hydrogen) atoms. The second kappa shape index (κ2) is 8.50. The Labute approximate surface area is 141 Å². The summed E-state index contributed by atoms with van der Waals surface area (Å²) in [4.78, 5) is 16.0. The van der Waals surface area contributed by atoms with E-state index in [9.17, 15) is 4.79 Å². The maximum absolute atomic E-state index is 12.0. The van der Waals surface area contributed by atoms with Crippen molar-refractivity contribution in [3.05, 3.63) is 64.9 Å². The summed E-state index contributed by atoms with van der Waals surface area (Å²) in [7, 11) is 1.62. The van der Waals surface area contributed by atoms with E-state index in [4.69, 9.17) is 16.3 Å². The first-order valence-electron chi connectivity index (χ1n) is 7.31. The first-order valence-corrected chi connectivity index (χ1v) is 7.69. The van der Waals surface area contributed by atoms with Gasteiger partial charge in [-0.25, -0.2) is 4.79 Å². The SMILES string of the molecule is CO[C@H](c1ccc(Cl)cc1)[C@@H](C)NC(=O)NCc1ccncc1. The summed E-state index contributed by atoms with van der Waals surface area (Å²) in [5, 5.41) is 6.37. The van der Waals surface area contributed by atoms with Gasteiger partial charge in [-0.15, -0.1) is 0 Å². The number of amides is 2. The molecule has 2 N–H and O–H groups in total. The van der Waals surface area contributed by atoms with Gasteiger partial charge in [0, 0.05) is 31.1 Å². The van der Waals surface area contributed by atoms with E-state index in [0.717, 1.165) is 11.1 Å². The molecule has 1 aromatic heterocycles. The van der Waals surface area contributed by atoms with Gasteiger partial charge in [0.1, 0.15) is 6.10 Å². The van der Waals surface area contributed by atoms with Crippen molar-refractivity contribution >= 4 is 17.6 Å². The lowest BCUT2D eigenvalue weighted by molar-refractivity contribution is 0.0762. The van der Waals surface area contributed by atoms with Crippen molar-refractivity contribution in [3.8, 4) is 0 Å². The number of rotatable bonds is 6. The zero-order chi connectivity index (χ0) is 16.7. The maximum Gasteiger partial charge on any atom is 0.315 e. The molecule has 0 saturated carbocycles. The molecule has 0 radical (unpaired) electrons. The largest absolute Gasteiger partial charge is 0.375 e. The van der Waals surface area contributed by atoms with Crippen molar-refractivity contribution in [2.45, 2.75) is 25.6 Å². The Kier molecular flexibility index (Phi) is 6.38. The quantitative estimate of drug-likeness (QED) is 0.852. The zero-order valence-electron chi connectivity index (χ0n) is 13.1. The highest BCUT2D eigenvalue weighted by molar-refractivity contribution is 6.30. The van der Waals surface area contributed by atoms with Gasteiger partial charge in [-0.1, -0.05) is 23.7 Å². The zero-order valence-corrected chi connectivity index (χ0v) is 13.9. The van der Waals surface area contributed by atoms with Crippen LogP contribution in [0.5, 0.6) is 0 Å². The van der Waals surface area contributed by atoms with Crippen LogP contribution < -0.4 is 10.6 Å². The number of halogens is 1. The van der Waals surface area contributed by atoms with Gasteiger partial charge in [-0.3, -0.25) is 4.98 Å². The molecule has 0 bridgehead atoms. The van der Waals surface area contributed by atoms with Crippen LogP contribution in [0.25, 0.3) is 0 Å². The Hall–Kier alpha value is -2.11. The summed E-state index contributed by atoms with van der Waals surface area (Å²) in [6.07, 6.45) is 3.14. The topological polar surface area (TPSA) is 63.2 Å². The Morgan fingerprint density at radius 2 is 1.87 bits per heavy atom. The van der Waals surface area contributed by atoms with Crippen LogP contribution in [0.2, 0.25) is 5.02 Å². The van der Waals surface area contributed by atoms with Crippen molar-refractivity contribution in [2.24, 2.45) is 0 Å². The maximum atomic E-state index is 12.0. The van der Waals surface area contributed by atoms with Crippen LogP contribution in [0.1, 0.15) is 24.2 Å². The molecular weight excluding hydrogens is 314 g/mol. The van der Waals surface area contributed by atoms with Crippen molar-refractivity contribution in [1.29, 1.82) is 0 Å². The fraction of sp³-hybridized carbons (Fsp3) is 0.294. The summed E-state index contributed by atoms with van der Waals surface area (Å²) >= 11 is 5.90. The molecule has 5 nitrogen and oxygen atoms in total. The molecule has 1 heterocycles. The Morgan fingerprint density at radius 3 is 2.48 bits per heavy atom. The summed E-state index contributed by atoms with van der Waals surface area (Å²) in [5.41, 5.74) is 1.95. The van der Waals surface area contributed by atoms with Crippen LogP contribution in [-0.2, 0) is 11.3 Å². The van der Waals surface area contributed by atoms with Gasteiger partial charge in [0.2, 0.25) is 0 Å². The van der Waals surface area contributed by atoms with Gasteiger partial charge in [0.05, 0.1) is 6.04 Å². The van der Waals surface area contributed by atoms with Crippen LogP contribution in [0.4, 0.5) is 4.79 Å². The van der Waals surface area contributed by atoms with Gasteiger partial charge in [-0.2, -0.15) is 0 Å². The number of carbonyl (C=O) groups excluding carboxylic acids is 1. The van der Waals surface area contributed by atoms with Gasteiger partial charge in [-0.05, 0) is 42.3 Å². The smallest absolute Gasteiger partial charge is 0.315 e. The van der Waals surface area contributed by atoms with Gasteiger partial charge in [0.15, 0.2) is 0 Å². The standard InChI is InChI=1S/C17H20ClN3O2/c1-12(16(23-2)14-3-5-15(18)6-4-14)21-17(22)20-11-13-7-9-19-10-8-13/h3-10,12,16H,11H2,1-2H3,(H2,20,21,22)/t12-,16+/m1/s1. The second-order valence-corrected chi connectivity index (χ2v) is 5.62. The number of pyridine rings is 1. The van der Waals surface area contributed by atoms with Crippen molar-refractivity contribution in [2.75, 3.05) is 7.11 Å². The normalized spacial score (nSPS) is 13.2. The lowest BCUT2D eigenvalue weighted by Crippen LogP contribution is -2.43. The Morgan fingerprint density at radius 1 is 1.22 bits per heavy atom. The van der Waals surface area contributed by atoms with E-state index in [0.29, 0.717) is 11.6 Å². The van der Waals surface area contributed by atoms with E-state index in [-0.39, 0.29) is 18.2 Å². The van der Waals surface area contributed by atoms with Gasteiger partial charge >= 0.3 is 6.03 Å². The Balaban J connectivity index is 1.89. The number of nitrogens with one attached hydrogen (secondary N) is 2. The molecule has 2 atom stereocenters. The number of nitrogens with zero attached hydrogens (tertiary/aromatic N) is 1. The number of ether oxygens (including phenoxy) is 1. The molecule has 0 saturated heterocycles. The highest BCUT2D eigenvalue weighted by Crippen LogP contribution is 2.22. The second-order valence-electron chi connectivity index (χ2n) is 5.18. The molecule has 6 heteroatoms. The van der Waals surface area contributed by atoms with Crippen LogP contribution in [0, 0.1) is 0 Å². The minimum absolute atomic E-state index is 0.196. The highest BCUT2D eigenvalue weighted by atomic mass is 35.5. The van der Waals surface area contributed by atoms with E-state index in [1.54, 1.807) is 31.6 Å². The third-order valence-corrected chi connectivity index (χ3v) is 3.72. The minimum atomic E-state index is -0.251. The van der Waals surface area contributed by atoms with Gasteiger partial charge in [0.25, 0.3) is 0 Å². The lowest BCUT2D eigenvalue weighted by Gasteiger charge is -2.24. The molecule has 0 aliphatic rings. The molecule has 0 aliphatic carbocycles. The number of urea groups is 1. The first kappa shape index (κ1) is 17.2. The van der Waals surface area contributed by atoms with Crippen LogP contribution in [0.15, 0.2) is 48.8 Å². The van der Waals surface area contributed by atoms with E-state index < -0.39 is 0 Å². The number of carbonyl (C=O) groups is 1. The number of hydrogen-bond acceptors (Lipinski definition) is 3. The summed E-state index contributed by atoms with van der Waals surface area (Å²) in [6.45, 7) is 2.34. The lowest BCUT2D eigenvalue weighted by atomic mass is 10.0. The predicted molar refractivity (Wildman–Crippen MR) is 90.3 cm³/mol. The molecule has 0 unspecified atom stereocenters. The third-order valence-electron chi connectivity index (χ3n) is 3.47. The Bertz CT molecular complexity index is 619. The highest BCUT2D eigenvalue weighted by Gasteiger charge is 2.20. The molecule has 2 amide bonds. The number of benzene rings is 1. The number of aromatic nitrogens is 1. The van der Waals surface area contributed by atoms with Crippen LogP contribution in [0.3, 0.4) is 0 Å².